The third kappa shape index (κ3) is 4.67. The van der Waals surface area contributed by atoms with Gasteiger partial charge in [0, 0.05) is 30.8 Å². The number of hydrogen-bond donors (Lipinski definition) is 3. The Morgan fingerprint density at radius 2 is 1.97 bits per heavy atom. The lowest BCUT2D eigenvalue weighted by Gasteiger charge is -2.13. The van der Waals surface area contributed by atoms with Gasteiger partial charge in [0.15, 0.2) is 11.0 Å². The Labute approximate surface area is 181 Å². The molecular formula is C20H21N7O3S. The minimum atomic E-state index is -0.434. The molecule has 3 aromatic heterocycles. The lowest BCUT2D eigenvalue weighted by Crippen LogP contribution is -2.23. The van der Waals surface area contributed by atoms with E-state index in [-0.39, 0.29) is 11.6 Å². The summed E-state index contributed by atoms with van der Waals surface area (Å²) < 4.78 is 7.16. The summed E-state index contributed by atoms with van der Waals surface area (Å²) in [5, 5.41) is 11.7. The Bertz CT molecular complexity index is 1250. The van der Waals surface area contributed by atoms with E-state index in [1.54, 1.807) is 44.6 Å². The van der Waals surface area contributed by atoms with Crippen LogP contribution in [-0.2, 0) is 16.1 Å². The average molecular weight is 440 g/mol. The third-order valence-corrected chi connectivity index (χ3v) is 5.69. The number of hydrogen-bond acceptors (Lipinski definition) is 7. The van der Waals surface area contributed by atoms with E-state index in [1.807, 2.05) is 16.7 Å². The van der Waals surface area contributed by atoms with Crippen molar-refractivity contribution in [3.63, 3.8) is 0 Å². The smallest absolute Gasteiger partial charge is 0.323 e. The molecule has 0 saturated carbocycles. The molecule has 31 heavy (non-hydrogen) atoms. The molecule has 0 spiro atoms. The summed E-state index contributed by atoms with van der Waals surface area (Å²) in [4.78, 5) is 33.6. The third-order valence-electron chi connectivity index (χ3n) is 4.61. The maximum Gasteiger partial charge on any atom is 0.323 e. The molecule has 3 N–H and O–H groups in total. The number of nitrogens with zero attached hydrogens (tertiary/aromatic N) is 4. The van der Waals surface area contributed by atoms with Gasteiger partial charge in [-0.15, -0.1) is 10.2 Å². The van der Waals surface area contributed by atoms with Gasteiger partial charge in [0.2, 0.25) is 5.91 Å². The van der Waals surface area contributed by atoms with Crippen LogP contribution < -0.4 is 11.0 Å². The van der Waals surface area contributed by atoms with E-state index in [9.17, 15) is 9.59 Å². The van der Waals surface area contributed by atoms with Crippen LogP contribution >= 0.6 is 11.8 Å². The van der Waals surface area contributed by atoms with Crippen molar-refractivity contribution in [1.29, 1.82) is 0 Å². The number of imidazole rings is 1. The first-order chi connectivity index (χ1) is 15.0. The van der Waals surface area contributed by atoms with Crippen LogP contribution in [0.15, 0.2) is 52.7 Å². The number of methoxy groups -OCH3 is 1. The van der Waals surface area contributed by atoms with Crippen LogP contribution in [0.3, 0.4) is 0 Å². The highest BCUT2D eigenvalue weighted by molar-refractivity contribution is 8.00. The Morgan fingerprint density at radius 1 is 1.19 bits per heavy atom. The fourth-order valence-corrected chi connectivity index (χ4v) is 3.92. The summed E-state index contributed by atoms with van der Waals surface area (Å²) in [6.07, 6.45) is 3.39. The SMILES string of the molecule is COCCn1c(S[C@@H](C)C(=O)Nc2ccc3[nH]c(=O)[nH]c3c2)nnc1-c1ccncc1. The molecule has 11 heteroatoms. The Hall–Kier alpha value is -3.44. The lowest BCUT2D eigenvalue weighted by molar-refractivity contribution is -0.115. The van der Waals surface area contributed by atoms with E-state index in [4.69, 9.17) is 4.74 Å². The van der Waals surface area contributed by atoms with Gasteiger partial charge in [0.05, 0.1) is 29.4 Å². The number of anilines is 1. The van der Waals surface area contributed by atoms with Crippen LogP contribution in [0.5, 0.6) is 0 Å². The molecule has 4 aromatic rings. The van der Waals surface area contributed by atoms with Gasteiger partial charge in [-0.1, -0.05) is 11.8 Å². The van der Waals surface area contributed by atoms with E-state index in [1.165, 1.54) is 11.8 Å². The highest BCUT2D eigenvalue weighted by Gasteiger charge is 2.21. The molecule has 10 nitrogen and oxygen atoms in total. The van der Waals surface area contributed by atoms with Crippen molar-refractivity contribution in [2.75, 3.05) is 19.0 Å². The summed E-state index contributed by atoms with van der Waals surface area (Å²) >= 11 is 1.31. The zero-order valence-electron chi connectivity index (χ0n) is 17.0. The number of rotatable bonds is 8. The maximum atomic E-state index is 12.8. The minimum Gasteiger partial charge on any atom is -0.383 e. The van der Waals surface area contributed by atoms with E-state index >= 15 is 0 Å². The molecule has 160 valence electrons. The summed E-state index contributed by atoms with van der Waals surface area (Å²) in [7, 11) is 1.63. The van der Waals surface area contributed by atoms with Gasteiger partial charge >= 0.3 is 5.69 Å². The van der Waals surface area contributed by atoms with Crippen molar-refractivity contribution in [2.24, 2.45) is 0 Å². The second kappa shape index (κ2) is 9.14. The molecule has 3 heterocycles. The van der Waals surface area contributed by atoms with Gasteiger partial charge in [-0.2, -0.15) is 0 Å². The molecule has 0 aliphatic rings. The predicted octanol–water partition coefficient (Wildman–Crippen LogP) is 2.28. The van der Waals surface area contributed by atoms with Gasteiger partial charge in [-0.05, 0) is 37.3 Å². The molecule has 4 rings (SSSR count). The van der Waals surface area contributed by atoms with Crippen molar-refractivity contribution in [1.82, 2.24) is 29.7 Å². The average Bonchev–Trinajstić information content (AvgIpc) is 3.34. The van der Waals surface area contributed by atoms with Gasteiger partial charge in [0.25, 0.3) is 0 Å². The summed E-state index contributed by atoms with van der Waals surface area (Å²) in [6, 6.07) is 8.91. The van der Waals surface area contributed by atoms with E-state index < -0.39 is 5.25 Å². The quantitative estimate of drug-likeness (QED) is 0.359. The number of ether oxygens (including phenoxy) is 1. The number of aromatic nitrogens is 6. The first kappa shape index (κ1) is 20.8. The van der Waals surface area contributed by atoms with Crippen LogP contribution in [0, 0.1) is 0 Å². The molecule has 0 bridgehead atoms. The number of carbonyl (C=O) groups is 1. The van der Waals surface area contributed by atoms with E-state index in [0.717, 1.165) is 5.56 Å². The number of fused-ring (bicyclic) bond motifs is 1. The van der Waals surface area contributed by atoms with Crippen molar-refractivity contribution in [3.8, 4) is 11.4 Å². The normalized spacial score (nSPS) is 12.2. The Morgan fingerprint density at radius 3 is 2.74 bits per heavy atom. The fraction of sp³-hybridized carbons (Fsp3) is 0.250. The minimum absolute atomic E-state index is 0.186. The largest absolute Gasteiger partial charge is 0.383 e. The van der Waals surface area contributed by atoms with Gasteiger partial charge in [0.1, 0.15) is 0 Å². The Balaban J connectivity index is 1.51. The topological polar surface area (TPSA) is 131 Å². The summed E-state index contributed by atoms with van der Waals surface area (Å²) in [5.74, 6) is 0.505. The van der Waals surface area contributed by atoms with Gasteiger partial charge in [-0.25, -0.2) is 4.79 Å². The zero-order chi connectivity index (χ0) is 21.8. The van der Waals surface area contributed by atoms with Crippen LogP contribution in [0.4, 0.5) is 5.69 Å². The van der Waals surface area contributed by atoms with Crippen LogP contribution in [0.25, 0.3) is 22.4 Å². The first-order valence-electron chi connectivity index (χ1n) is 9.57. The number of benzene rings is 1. The monoisotopic (exact) mass is 439 g/mol. The van der Waals surface area contributed by atoms with Crippen molar-refractivity contribution in [3.05, 3.63) is 53.2 Å². The van der Waals surface area contributed by atoms with Crippen molar-refractivity contribution >= 4 is 34.4 Å². The highest BCUT2D eigenvalue weighted by atomic mass is 32.2. The molecule has 0 radical (unpaired) electrons. The van der Waals surface area contributed by atoms with Crippen LogP contribution in [-0.4, -0.2) is 54.6 Å². The molecule has 1 atom stereocenters. The summed E-state index contributed by atoms with van der Waals surface area (Å²) in [6.45, 7) is 2.84. The molecule has 0 saturated heterocycles. The zero-order valence-corrected chi connectivity index (χ0v) is 17.8. The van der Waals surface area contributed by atoms with Crippen LogP contribution in [0.1, 0.15) is 6.92 Å². The second-order valence-corrected chi connectivity index (χ2v) is 8.08. The number of aromatic amines is 2. The van der Waals surface area contributed by atoms with Gasteiger partial charge < -0.3 is 20.0 Å². The fourth-order valence-electron chi connectivity index (χ4n) is 3.04. The lowest BCUT2D eigenvalue weighted by atomic mass is 10.2. The van der Waals surface area contributed by atoms with E-state index in [2.05, 4.69) is 30.5 Å². The molecule has 0 unspecified atom stereocenters. The molecular weight excluding hydrogens is 418 g/mol. The van der Waals surface area contributed by atoms with Crippen LogP contribution in [0.2, 0.25) is 0 Å². The molecule has 0 aliphatic carbocycles. The second-order valence-electron chi connectivity index (χ2n) is 6.78. The number of nitrogens with one attached hydrogen (secondary N) is 3. The first-order valence-corrected chi connectivity index (χ1v) is 10.4. The standard InChI is InChI=1S/C20H21N7O3S/c1-12(18(28)22-14-3-4-15-16(11-14)24-19(29)23-15)31-20-26-25-17(27(20)9-10-30-2)13-5-7-21-8-6-13/h3-8,11-12H,9-10H2,1-2H3,(H,22,28)(H2,23,24,29)/t12-/m0/s1. The van der Waals surface area contributed by atoms with Crippen molar-refractivity contribution in [2.45, 2.75) is 23.9 Å². The van der Waals surface area contributed by atoms with Crippen molar-refractivity contribution < 1.29 is 9.53 Å². The number of pyridine rings is 1. The molecule has 0 fully saturated rings. The van der Waals surface area contributed by atoms with Gasteiger partial charge in [-0.3, -0.25) is 14.3 Å². The number of carbonyl (C=O) groups excluding carboxylic acids is 1. The Kier molecular flexibility index (Phi) is 6.14. The molecule has 0 aliphatic heterocycles. The molecule has 1 amide bonds. The number of amides is 1. The number of H-pyrrole nitrogens is 2. The maximum absolute atomic E-state index is 12.8. The summed E-state index contributed by atoms with van der Waals surface area (Å²) in [5.41, 5.74) is 2.50. The highest BCUT2D eigenvalue weighted by Crippen LogP contribution is 2.27. The number of thioether (sulfide) groups is 1. The van der Waals surface area contributed by atoms with E-state index in [0.29, 0.717) is 40.9 Å². The molecule has 1 aromatic carbocycles. The predicted molar refractivity (Wildman–Crippen MR) is 118 cm³/mol.